The molecule has 2 fully saturated rings. The van der Waals surface area contributed by atoms with Crippen LogP contribution in [0.3, 0.4) is 0 Å². The third-order valence-electron chi connectivity index (χ3n) is 5.05. The Kier molecular flexibility index (Phi) is 4.46. The van der Waals surface area contributed by atoms with Gasteiger partial charge in [0.15, 0.2) is 0 Å². The van der Waals surface area contributed by atoms with E-state index < -0.39 is 41.6 Å². The Morgan fingerprint density at radius 2 is 1.81 bits per heavy atom. The summed E-state index contributed by atoms with van der Waals surface area (Å²) in [7, 11) is 0. The highest BCUT2D eigenvalue weighted by atomic mass is 19.3. The molecule has 1 heterocycles. The molecular weight excluding hydrogens is 358 g/mol. The van der Waals surface area contributed by atoms with E-state index in [2.05, 4.69) is 5.32 Å². The molecule has 142 valence electrons. The van der Waals surface area contributed by atoms with Gasteiger partial charge >= 0.3 is 17.8 Å². The van der Waals surface area contributed by atoms with Gasteiger partial charge in [0.2, 0.25) is 0 Å². The zero-order valence-electron chi connectivity index (χ0n) is 13.6. The minimum atomic E-state index is -4.18. The average molecular weight is 375 g/mol. The van der Waals surface area contributed by atoms with Crippen molar-refractivity contribution in [1.29, 1.82) is 0 Å². The van der Waals surface area contributed by atoms with Crippen molar-refractivity contribution in [3.05, 3.63) is 35.4 Å². The van der Waals surface area contributed by atoms with E-state index in [0.29, 0.717) is 0 Å². The second-order valence-corrected chi connectivity index (χ2v) is 6.66. The highest BCUT2D eigenvalue weighted by Gasteiger charge is 2.71. The lowest BCUT2D eigenvalue weighted by Gasteiger charge is -2.44. The summed E-state index contributed by atoms with van der Waals surface area (Å²) in [6, 6.07) is 5.00. The third kappa shape index (κ3) is 2.94. The van der Waals surface area contributed by atoms with E-state index in [9.17, 15) is 32.3 Å². The van der Waals surface area contributed by atoms with Crippen LogP contribution in [0.1, 0.15) is 41.1 Å². The Morgan fingerprint density at radius 1 is 1.15 bits per heavy atom. The van der Waals surface area contributed by atoms with Gasteiger partial charge in [0.25, 0.3) is 5.91 Å². The van der Waals surface area contributed by atoms with Gasteiger partial charge < -0.3 is 15.2 Å². The molecule has 9 heteroatoms. The van der Waals surface area contributed by atoms with Crippen LogP contribution in [0.5, 0.6) is 0 Å². The molecule has 0 spiro atoms. The van der Waals surface area contributed by atoms with Crippen LogP contribution in [0.15, 0.2) is 24.3 Å². The number of carboxylic acids is 1. The van der Waals surface area contributed by atoms with Crippen molar-refractivity contribution in [2.45, 2.75) is 42.6 Å². The van der Waals surface area contributed by atoms with Crippen LogP contribution in [0.4, 0.5) is 17.6 Å². The molecule has 1 atom stereocenters. The summed E-state index contributed by atoms with van der Waals surface area (Å²) in [5.74, 6) is -11.9. The number of aliphatic carboxylic acids is 1. The number of alkyl halides is 4. The van der Waals surface area contributed by atoms with E-state index in [4.69, 9.17) is 4.74 Å². The molecule has 0 aromatic heterocycles. The topological polar surface area (TPSA) is 75.6 Å². The van der Waals surface area contributed by atoms with E-state index in [-0.39, 0.29) is 37.2 Å². The number of carboxylic acid groups (broad SMARTS) is 1. The number of carbonyl (C=O) groups is 2. The first-order valence-electron chi connectivity index (χ1n) is 8.08. The van der Waals surface area contributed by atoms with Gasteiger partial charge in [-0.25, -0.2) is 4.79 Å². The molecule has 2 aliphatic rings. The van der Waals surface area contributed by atoms with Crippen LogP contribution in [0.2, 0.25) is 0 Å². The maximum absolute atomic E-state index is 13.6. The SMILES string of the molecule is O=C(NC1(C(=O)O)CCOCC1)c1cccc(C2CC(F)(F)C2(F)F)c1. The fourth-order valence-corrected chi connectivity index (χ4v) is 3.27. The first kappa shape index (κ1) is 18.6. The number of hydrogen-bond acceptors (Lipinski definition) is 3. The van der Waals surface area contributed by atoms with Crippen LogP contribution in [-0.2, 0) is 9.53 Å². The number of rotatable bonds is 4. The largest absolute Gasteiger partial charge is 0.480 e. The Balaban J connectivity index is 1.80. The van der Waals surface area contributed by atoms with Crippen molar-refractivity contribution < 1.29 is 37.0 Å². The number of hydrogen-bond donors (Lipinski definition) is 2. The number of nitrogens with one attached hydrogen (secondary N) is 1. The van der Waals surface area contributed by atoms with Crippen LogP contribution in [0.25, 0.3) is 0 Å². The van der Waals surface area contributed by atoms with Gasteiger partial charge in [-0.2, -0.15) is 17.6 Å². The van der Waals surface area contributed by atoms with Gasteiger partial charge in [0.1, 0.15) is 5.54 Å². The quantitative estimate of drug-likeness (QED) is 0.794. The molecule has 26 heavy (non-hydrogen) atoms. The predicted molar refractivity (Wildman–Crippen MR) is 81.6 cm³/mol. The first-order chi connectivity index (χ1) is 12.1. The van der Waals surface area contributed by atoms with E-state index in [1.54, 1.807) is 0 Å². The Hall–Kier alpha value is -2.16. The third-order valence-corrected chi connectivity index (χ3v) is 5.05. The van der Waals surface area contributed by atoms with Gasteiger partial charge in [-0.05, 0) is 17.7 Å². The van der Waals surface area contributed by atoms with E-state index in [1.807, 2.05) is 0 Å². The second kappa shape index (κ2) is 6.22. The normalized spacial score (nSPS) is 25.8. The van der Waals surface area contributed by atoms with Crippen molar-refractivity contribution in [3.63, 3.8) is 0 Å². The zero-order valence-corrected chi connectivity index (χ0v) is 13.6. The molecule has 1 saturated carbocycles. The molecule has 1 saturated heterocycles. The van der Waals surface area contributed by atoms with Crippen molar-refractivity contribution in [1.82, 2.24) is 5.32 Å². The fourth-order valence-electron chi connectivity index (χ4n) is 3.27. The van der Waals surface area contributed by atoms with E-state index >= 15 is 0 Å². The summed E-state index contributed by atoms with van der Waals surface area (Å²) in [6.07, 6.45) is -0.858. The second-order valence-electron chi connectivity index (χ2n) is 6.66. The molecule has 1 aliphatic carbocycles. The highest BCUT2D eigenvalue weighted by molar-refractivity contribution is 5.98. The standard InChI is InChI=1S/C17H17F4NO4/c18-16(19)9-12(17(16,20)21)10-2-1-3-11(8-10)13(23)22-15(14(24)25)4-6-26-7-5-15/h1-3,8,12H,4-7,9H2,(H,22,23)(H,24,25). The van der Waals surface area contributed by atoms with Gasteiger partial charge in [-0.3, -0.25) is 4.79 Å². The summed E-state index contributed by atoms with van der Waals surface area (Å²) in [6.45, 7) is 0.325. The summed E-state index contributed by atoms with van der Waals surface area (Å²) in [5.41, 5.74) is -1.63. The number of amides is 1. The maximum atomic E-state index is 13.6. The van der Waals surface area contributed by atoms with E-state index in [1.165, 1.54) is 18.2 Å². The monoisotopic (exact) mass is 375 g/mol. The zero-order chi connectivity index (χ0) is 19.2. The minimum Gasteiger partial charge on any atom is -0.480 e. The van der Waals surface area contributed by atoms with Crippen molar-refractivity contribution in [2.75, 3.05) is 13.2 Å². The number of halogens is 4. The van der Waals surface area contributed by atoms with Gasteiger partial charge in [0.05, 0.1) is 5.92 Å². The molecule has 1 amide bonds. The summed E-state index contributed by atoms with van der Waals surface area (Å²) >= 11 is 0. The number of ether oxygens (including phenoxy) is 1. The Morgan fingerprint density at radius 3 is 2.35 bits per heavy atom. The predicted octanol–water partition coefficient (Wildman–Crippen LogP) is 2.81. The lowest BCUT2D eigenvalue weighted by molar-refractivity contribution is -0.290. The molecule has 1 aliphatic heterocycles. The molecule has 2 N–H and O–H groups in total. The average Bonchev–Trinajstić information content (AvgIpc) is 2.60. The minimum absolute atomic E-state index is 0.0550. The van der Waals surface area contributed by atoms with Crippen molar-refractivity contribution in [3.8, 4) is 0 Å². The molecule has 1 aromatic carbocycles. The van der Waals surface area contributed by atoms with Gasteiger partial charge in [-0.15, -0.1) is 0 Å². The highest BCUT2D eigenvalue weighted by Crippen LogP contribution is 2.59. The molecule has 0 radical (unpaired) electrons. The van der Waals surface area contributed by atoms with Gasteiger partial charge in [-0.1, -0.05) is 12.1 Å². The fraction of sp³-hybridized carbons (Fsp3) is 0.529. The van der Waals surface area contributed by atoms with Gasteiger partial charge in [0, 0.05) is 38.0 Å². The van der Waals surface area contributed by atoms with Crippen LogP contribution < -0.4 is 5.32 Å². The van der Waals surface area contributed by atoms with Crippen LogP contribution in [0, 0.1) is 0 Å². The summed E-state index contributed by atoms with van der Waals surface area (Å²) in [4.78, 5) is 24.0. The Labute approximate surface area is 146 Å². The summed E-state index contributed by atoms with van der Waals surface area (Å²) in [5, 5.41) is 11.9. The van der Waals surface area contributed by atoms with Crippen molar-refractivity contribution >= 4 is 11.9 Å². The lowest BCUT2D eigenvalue weighted by Crippen LogP contribution is -2.57. The van der Waals surface area contributed by atoms with Crippen molar-refractivity contribution in [2.24, 2.45) is 0 Å². The molecular formula is C17H17F4NO4. The molecule has 1 aromatic rings. The van der Waals surface area contributed by atoms with E-state index in [0.717, 1.165) is 6.07 Å². The number of carbonyl (C=O) groups excluding carboxylic acids is 1. The summed E-state index contributed by atoms with van der Waals surface area (Å²) < 4.78 is 58.4. The van der Waals surface area contributed by atoms with Crippen LogP contribution >= 0.6 is 0 Å². The lowest BCUT2D eigenvalue weighted by atomic mass is 9.72. The first-order valence-corrected chi connectivity index (χ1v) is 8.08. The molecule has 0 bridgehead atoms. The Bertz CT molecular complexity index is 731. The maximum Gasteiger partial charge on any atom is 0.329 e. The molecule has 5 nitrogen and oxygen atoms in total. The number of benzene rings is 1. The molecule has 1 unspecified atom stereocenters. The van der Waals surface area contributed by atoms with Crippen LogP contribution in [-0.4, -0.2) is 47.6 Å². The smallest absolute Gasteiger partial charge is 0.329 e. The molecule has 3 rings (SSSR count).